The number of likely N-dealkylation sites (tertiary alicyclic amines) is 1. The van der Waals surface area contributed by atoms with E-state index < -0.39 is 11.6 Å². The molecule has 2 fully saturated rings. The van der Waals surface area contributed by atoms with Gasteiger partial charge in [0, 0.05) is 13.1 Å². The number of amides is 3. The zero-order valence-electron chi connectivity index (χ0n) is 11.8. The fourth-order valence-electron chi connectivity index (χ4n) is 3.02. The number of urea groups is 1. The number of hydrogen-bond donors (Lipinski definition) is 1. The van der Waals surface area contributed by atoms with Crippen LogP contribution in [0.2, 0.25) is 0 Å². The average molecular weight is 289 g/mol. The van der Waals surface area contributed by atoms with E-state index in [2.05, 4.69) is 0 Å². The highest BCUT2D eigenvalue weighted by Gasteiger charge is 2.45. The molecule has 3 rings (SSSR count). The SMILES string of the molecule is NC(=O)N1CCC2(C1)CN(Cc1ccccc1)C(=O)CO2. The molecule has 6 nitrogen and oxygen atoms in total. The molecule has 2 heterocycles. The van der Waals surface area contributed by atoms with Crippen LogP contribution in [0, 0.1) is 0 Å². The standard InChI is InChI=1S/C15H19N3O3/c16-14(20)17-7-6-15(10-17)11-18(13(19)9-21-15)8-12-4-2-1-3-5-12/h1-5H,6-11H2,(H2,16,20). The van der Waals surface area contributed by atoms with E-state index in [1.165, 1.54) is 0 Å². The minimum atomic E-state index is -0.461. The van der Waals surface area contributed by atoms with E-state index in [0.29, 0.717) is 32.6 Å². The minimum absolute atomic E-state index is 0.0120. The maximum absolute atomic E-state index is 12.0. The predicted molar refractivity (Wildman–Crippen MR) is 76.3 cm³/mol. The molecule has 2 N–H and O–H groups in total. The number of rotatable bonds is 2. The smallest absolute Gasteiger partial charge is 0.314 e. The van der Waals surface area contributed by atoms with E-state index in [0.717, 1.165) is 5.56 Å². The van der Waals surface area contributed by atoms with Gasteiger partial charge in [-0.1, -0.05) is 30.3 Å². The molecule has 1 aromatic carbocycles. The van der Waals surface area contributed by atoms with Gasteiger partial charge in [0.15, 0.2) is 0 Å². The molecule has 112 valence electrons. The largest absolute Gasteiger partial charge is 0.361 e. The van der Waals surface area contributed by atoms with Gasteiger partial charge in [0.25, 0.3) is 0 Å². The lowest BCUT2D eigenvalue weighted by Crippen LogP contribution is -2.55. The second-order valence-corrected chi connectivity index (χ2v) is 5.72. The molecule has 0 radical (unpaired) electrons. The Labute approximate surface area is 123 Å². The summed E-state index contributed by atoms with van der Waals surface area (Å²) in [5, 5.41) is 0. The van der Waals surface area contributed by atoms with E-state index in [4.69, 9.17) is 10.5 Å². The van der Waals surface area contributed by atoms with Gasteiger partial charge in [-0.3, -0.25) is 4.79 Å². The van der Waals surface area contributed by atoms with Crippen molar-refractivity contribution in [3.05, 3.63) is 35.9 Å². The first kappa shape index (κ1) is 13.9. The van der Waals surface area contributed by atoms with Crippen LogP contribution in [-0.2, 0) is 16.1 Å². The number of ether oxygens (including phenoxy) is 1. The molecule has 2 saturated heterocycles. The van der Waals surface area contributed by atoms with Crippen LogP contribution in [0.15, 0.2) is 30.3 Å². The van der Waals surface area contributed by atoms with Gasteiger partial charge in [0.1, 0.15) is 12.2 Å². The Morgan fingerprint density at radius 3 is 2.71 bits per heavy atom. The highest BCUT2D eigenvalue weighted by atomic mass is 16.5. The molecule has 2 aliphatic rings. The summed E-state index contributed by atoms with van der Waals surface area (Å²) in [6.45, 7) is 2.19. The number of benzene rings is 1. The van der Waals surface area contributed by atoms with Crippen LogP contribution in [0.4, 0.5) is 4.79 Å². The Bertz CT molecular complexity index is 548. The summed E-state index contributed by atoms with van der Waals surface area (Å²) in [6.07, 6.45) is 0.717. The molecule has 0 bridgehead atoms. The molecule has 1 aromatic rings. The second-order valence-electron chi connectivity index (χ2n) is 5.72. The molecular weight excluding hydrogens is 270 g/mol. The number of nitrogens with two attached hydrogens (primary N) is 1. The fraction of sp³-hybridized carbons (Fsp3) is 0.467. The van der Waals surface area contributed by atoms with Gasteiger partial charge in [0.2, 0.25) is 5.91 Å². The maximum atomic E-state index is 12.0. The highest BCUT2D eigenvalue weighted by Crippen LogP contribution is 2.30. The van der Waals surface area contributed by atoms with Gasteiger partial charge in [-0.15, -0.1) is 0 Å². The van der Waals surface area contributed by atoms with Gasteiger partial charge in [-0.2, -0.15) is 0 Å². The normalized spacial score (nSPS) is 25.6. The Morgan fingerprint density at radius 2 is 2.05 bits per heavy atom. The molecule has 1 unspecified atom stereocenters. The summed E-state index contributed by atoms with van der Waals surface area (Å²) < 4.78 is 5.75. The molecular formula is C15H19N3O3. The van der Waals surface area contributed by atoms with Gasteiger partial charge < -0.3 is 20.3 Å². The Hall–Kier alpha value is -2.08. The summed E-state index contributed by atoms with van der Waals surface area (Å²) in [5.74, 6) is -0.0120. The van der Waals surface area contributed by atoms with Crippen molar-refractivity contribution in [2.45, 2.75) is 18.6 Å². The first-order chi connectivity index (χ1) is 10.1. The van der Waals surface area contributed by atoms with Gasteiger partial charge in [0.05, 0.1) is 13.1 Å². The van der Waals surface area contributed by atoms with Crippen molar-refractivity contribution >= 4 is 11.9 Å². The quantitative estimate of drug-likeness (QED) is 0.864. The van der Waals surface area contributed by atoms with E-state index >= 15 is 0 Å². The summed E-state index contributed by atoms with van der Waals surface area (Å²) in [4.78, 5) is 26.7. The molecule has 6 heteroatoms. The van der Waals surface area contributed by atoms with Crippen molar-refractivity contribution in [1.29, 1.82) is 0 Å². The summed E-state index contributed by atoms with van der Waals surface area (Å²) >= 11 is 0. The molecule has 3 amide bonds. The minimum Gasteiger partial charge on any atom is -0.361 e. The Kier molecular flexibility index (Phi) is 3.55. The van der Waals surface area contributed by atoms with E-state index in [1.807, 2.05) is 35.2 Å². The zero-order valence-corrected chi connectivity index (χ0v) is 11.8. The molecule has 21 heavy (non-hydrogen) atoms. The Morgan fingerprint density at radius 1 is 1.29 bits per heavy atom. The average Bonchev–Trinajstić information content (AvgIpc) is 2.89. The van der Waals surface area contributed by atoms with Crippen LogP contribution in [0.25, 0.3) is 0 Å². The van der Waals surface area contributed by atoms with Gasteiger partial charge >= 0.3 is 6.03 Å². The first-order valence-electron chi connectivity index (χ1n) is 7.08. The van der Waals surface area contributed by atoms with Crippen molar-refractivity contribution in [2.24, 2.45) is 5.73 Å². The number of morpholine rings is 1. The number of carbonyl (C=O) groups excluding carboxylic acids is 2. The zero-order chi connectivity index (χ0) is 14.9. The van der Waals surface area contributed by atoms with E-state index in [9.17, 15) is 9.59 Å². The Balaban J connectivity index is 1.70. The molecule has 0 aliphatic carbocycles. The van der Waals surface area contributed by atoms with Crippen molar-refractivity contribution in [3.8, 4) is 0 Å². The molecule has 1 spiro atoms. The molecule has 2 aliphatic heterocycles. The molecule has 0 saturated carbocycles. The van der Waals surface area contributed by atoms with Crippen LogP contribution in [0.3, 0.4) is 0 Å². The molecule has 1 atom stereocenters. The topological polar surface area (TPSA) is 75.9 Å². The summed E-state index contributed by atoms with van der Waals surface area (Å²) in [7, 11) is 0. The van der Waals surface area contributed by atoms with E-state index in [-0.39, 0.29) is 12.5 Å². The maximum Gasteiger partial charge on any atom is 0.314 e. The van der Waals surface area contributed by atoms with Crippen LogP contribution in [0.1, 0.15) is 12.0 Å². The summed E-state index contributed by atoms with van der Waals surface area (Å²) in [6, 6.07) is 9.44. The number of nitrogens with zero attached hydrogens (tertiary/aromatic N) is 2. The van der Waals surface area contributed by atoms with E-state index in [1.54, 1.807) is 4.90 Å². The van der Waals surface area contributed by atoms with Gasteiger partial charge in [-0.25, -0.2) is 4.79 Å². The molecule has 0 aromatic heterocycles. The van der Waals surface area contributed by atoms with Crippen LogP contribution < -0.4 is 5.73 Å². The lowest BCUT2D eigenvalue weighted by atomic mass is 10.00. The first-order valence-corrected chi connectivity index (χ1v) is 7.08. The summed E-state index contributed by atoms with van der Waals surface area (Å²) in [5.41, 5.74) is 5.95. The number of primary amides is 1. The second kappa shape index (κ2) is 5.37. The van der Waals surface area contributed by atoms with Crippen molar-refractivity contribution in [3.63, 3.8) is 0 Å². The fourth-order valence-corrected chi connectivity index (χ4v) is 3.02. The lowest BCUT2D eigenvalue weighted by molar-refractivity contribution is -0.162. The highest BCUT2D eigenvalue weighted by molar-refractivity contribution is 5.78. The lowest BCUT2D eigenvalue weighted by Gasteiger charge is -2.40. The number of carbonyl (C=O) groups is 2. The van der Waals surface area contributed by atoms with Crippen molar-refractivity contribution < 1.29 is 14.3 Å². The van der Waals surface area contributed by atoms with Crippen LogP contribution >= 0.6 is 0 Å². The third-order valence-electron chi connectivity index (χ3n) is 4.18. The van der Waals surface area contributed by atoms with Crippen LogP contribution in [0.5, 0.6) is 0 Å². The monoisotopic (exact) mass is 289 g/mol. The van der Waals surface area contributed by atoms with Gasteiger partial charge in [-0.05, 0) is 12.0 Å². The third kappa shape index (κ3) is 2.85. The number of hydrogen-bond acceptors (Lipinski definition) is 3. The van der Waals surface area contributed by atoms with Crippen molar-refractivity contribution in [1.82, 2.24) is 9.80 Å². The third-order valence-corrected chi connectivity index (χ3v) is 4.18. The predicted octanol–water partition coefficient (Wildman–Crippen LogP) is 0.569. The van der Waals surface area contributed by atoms with Crippen LogP contribution in [-0.4, -0.2) is 53.6 Å². The van der Waals surface area contributed by atoms with Crippen molar-refractivity contribution in [2.75, 3.05) is 26.2 Å².